The highest BCUT2D eigenvalue weighted by Crippen LogP contribution is 2.30. The molecule has 2 nitrogen and oxygen atoms in total. The van der Waals surface area contributed by atoms with Gasteiger partial charge >= 0.3 is 0 Å². The molecule has 2 aromatic heterocycles. The van der Waals surface area contributed by atoms with Gasteiger partial charge in [0.25, 0.3) is 0 Å². The van der Waals surface area contributed by atoms with Crippen molar-refractivity contribution in [1.29, 1.82) is 0 Å². The van der Waals surface area contributed by atoms with Gasteiger partial charge in [-0.05, 0) is 56.2 Å². The Morgan fingerprint density at radius 2 is 1.33 bits per heavy atom. The first-order chi connectivity index (χ1) is 10.2. The molecule has 104 valence electrons. The summed E-state index contributed by atoms with van der Waals surface area (Å²) in [5, 5.41) is 0. The van der Waals surface area contributed by atoms with E-state index < -0.39 is 0 Å². The molecule has 0 aliphatic carbocycles. The molecule has 4 aromatic rings. The van der Waals surface area contributed by atoms with E-state index in [1.54, 1.807) is 0 Å². The molecule has 0 aliphatic rings. The van der Waals surface area contributed by atoms with Gasteiger partial charge in [-0.2, -0.15) is 0 Å². The van der Waals surface area contributed by atoms with Crippen LogP contribution in [0.15, 0.2) is 54.6 Å². The van der Waals surface area contributed by atoms with E-state index in [0.717, 1.165) is 0 Å². The fraction of sp³-hybridized carbons (Fsp3) is 0.158. The molecule has 0 fully saturated rings. The van der Waals surface area contributed by atoms with Crippen molar-refractivity contribution < 1.29 is 0 Å². The van der Waals surface area contributed by atoms with Gasteiger partial charge in [-0.25, -0.2) is 0 Å². The maximum Gasteiger partial charge on any atom is 0.122 e. The van der Waals surface area contributed by atoms with Gasteiger partial charge in [0.15, 0.2) is 0 Å². The zero-order chi connectivity index (χ0) is 14.6. The number of benzene rings is 2. The van der Waals surface area contributed by atoms with Crippen molar-refractivity contribution in [2.45, 2.75) is 20.8 Å². The molecule has 0 unspecified atom stereocenters. The molecule has 0 aliphatic heterocycles. The van der Waals surface area contributed by atoms with Crippen LogP contribution >= 0.6 is 0 Å². The van der Waals surface area contributed by atoms with Crippen molar-refractivity contribution >= 4 is 16.7 Å². The van der Waals surface area contributed by atoms with E-state index in [0.29, 0.717) is 0 Å². The van der Waals surface area contributed by atoms with Crippen LogP contribution < -0.4 is 0 Å². The highest BCUT2D eigenvalue weighted by molar-refractivity contribution is 5.85. The van der Waals surface area contributed by atoms with Gasteiger partial charge in [-0.3, -0.25) is 8.97 Å². The Kier molecular flexibility index (Phi) is 2.49. The number of fused-ring (bicyclic) bond motifs is 3. The van der Waals surface area contributed by atoms with Gasteiger partial charge in [0.2, 0.25) is 0 Å². The second-order valence-corrected chi connectivity index (χ2v) is 5.73. The standard InChI is InChI=1S/C19H18N2/c1-13-7-6-8-14(2)19(13)21-17-10-5-4-9-16(17)20-15(3)11-12-18(20)21/h4-12H,1-3H3. The van der Waals surface area contributed by atoms with Crippen LogP contribution in [0.4, 0.5) is 0 Å². The minimum Gasteiger partial charge on any atom is -0.298 e. The van der Waals surface area contributed by atoms with Crippen LogP contribution in [-0.2, 0) is 0 Å². The van der Waals surface area contributed by atoms with E-state index in [4.69, 9.17) is 0 Å². The minimum atomic E-state index is 1.23. The lowest BCUT2D eigenvalue weighted by Crippen LogP contribution is -1.99. The van der Waals surface area contributed by atoms with Crippen molar-refractivity contribution in [2.24, 2.45) is 0 Å². The third kappa shape index (κ3) is 1.59. The number of rotatable bonds is 1. The molecule has 2 aromatic carbocycles. The number of aryl methyl sites for hydroxylation is 3. The molecule has 0 radical (unpaired) electrons. The van der Waals surface area contributed by atoms with Gasteiger partial charge in [-0.1, -0.05) is 30.3 Å². The molecule has 4 rings (SSSR count). The molecule has 0 saturated heterocycles. The van der Waals surface area contributed by atoms with Crippen molar-refractivity contribution in [2.75, 3.05) is 0 Å². The van der Waals surface area contributed by atoms with Crippen LogP contribution in [-0.4, -0.2) is 8.97 Å². The van der Waals surface area contributed by atoms with Crippen LogP contribution in [0.25, 0.3) is 22.4 Å². The van der Waals surface area contributed by atoms with E-state index in [2.05, 4.69) is 84.3 Å². The fourth-order valence-corrected chi connectivity index (χ4v) is 3.37. The average molecular weight is 274 g/mol. The number of hydrogen-bond donors (Lipinski definition) is 0. The molecule has 0 atom stereocenters. The van der Waals surface area contributed by atoms with E-state index in [1.165, 1.54) is 39.2 Å². The molecule has 0 saturated carbocycles. The summed E-state index contributed by atoms with van der Waals surface area (Å²) < 4.78 is 4.72. The van der Waals surface area contributed by atoms with E-state index in [9.17, 15) is 0 Å². The Morgan fingerprint density at radius 1 is 0.667 bits per heavy atom. The lowest BCUT2D eigenvalue weighted by atomic mass is 10.1. The number of aromatic nitrogens is 2. The quantitative estimate of drug-likeness (QED) is 0.471. The maximum atomic E-state index is 2.38. The SMILES string of the molecule is Cc1cccc(C)c1-n1c2ccccc2n2c(C)ccc12. The zero-order valence-electron chi connectivity index (χ0n) is 12.6. The summed E-state index contributed by atoms with van der Waals surface area (Å²) in [6.07, 6.45) is 0. The zero-order valence-corrected chi connectivity index (χ0v) is 12.6. The Labute approximate surface area is 124 Å². The Bertz CT molecular complexity index is 950. The largest absolute Gasteiger partial charge is 0.298 e. The summed E-state index contributed by atoms with van der Waals surface area (Å²) in [6, 6.07) is 19.5. The topological polar surface area (TPSA) is 9.34 Å². The van der Waals surface area contributed by atoms with Crippen LogP contribution in [0, 0.1) is 20.8 Å². The third-order valence-corrected chi connectivity index (χ3v) is 4.31. The Hall–Kier alpha value is -2.48. The smallest absolute Gasteiger partial charge is 0.122 e. The number of hydrogen-bond acceptors (Lipinski definition) is 0. The van der Waals surface area contributed by atoms with Crippen molar-refractivity contribution in [3.05, 3.63) is 71.4 Å². The lowest BCUT2D eigenvalue weighted by molar-refractivity contribution is 1.08. The highest BCUT2D eigenvalue weighted by atomic mass is 15.1. The summed E-state index contributed by atoms with van der Waals surface area (Å²) in [5.41, 5.74) is 8.92. The molecular weight excluding hydrogens is 256 g/mol. The van der Waals surface area contributed by atoms with E-state index >= 15 is 0 Å². The summed E-state index contributed by atoms with van der Waals surface area (Å²) >= 11 is 0. The highest BCUT2D eigenvalue weighted by Gasteiger charge is 2.15. The molecule has 2 heterocycles. The molecular formula is C19H18N2. The van der Waals surface area contributed by atoms with Crippen LogP contribution in [0.2, 0.25) is 0 Å². The summed E-state index contributed by atoms with van der Waals surface area (Å²) in [4.78, 5) is 0. The van der Waals surface area contributed by atoms with Gasteiger partial charge in [-0.15, -0.1) is 0 Å². The number of imidazole rings is 1. The minimum absolute atomic E-state index is 1.23. The van der Waals surface area contributed by atoms with E-state index in [-0.39, 0.29) is 0 Å². The second kappa shape index (κ2) is 4.26. The van der Waals surface area contributed by atoms with Crippen molar-refractivity contribution in [3.8, 4) is 5.69 Å². The summed E-state index contributed by atoms with van der Waals surface area (Å²) in [6.45, 7) is 6.53. The van der Waals surface area contributed by atoms with Crippen LogP contribution in [0.3, 0.4) is 0 Å². The van der Waals surface area contributed by atoms with Crippen LogP contribution in [0.1, 0.15) is 16.8 Å². The maximum absolute atomic E-state index is 2.38. The fourth-order valence-electron chi connectivity index (χ4n) is 3.37. The van der Waals surface area contributed by atoms with Crippen LogP contribution in [0.5, 0.6) is 0 Å². The molecule has 2 heteroatoms. The van der Waals surface area contributed by atoms with Gasteiger partial charge < -0.3 is 0 Å². The Morgan fingerprint density at radius 3 is 2.05 bits per heavy atom. The Balaban J connectivity index is 2.26. The molecule has 0 amide bonds. The number of para-hydroxylation sites is 3. The van der Waals surface area contributed by atoms with Gasteiger partial charge in [0.1, 0.15) is 5.65 Å². The molecule has 0 spiro atoms. The van der Waals surface area contributed by atoms with Crippen molar-refractivity contribution in [1.82, 2.24) is 8.97 Å². The van der Waals surface area contributed by atoms with Gasteiger partial charge in [0, 0.05) is 5.69 Å². The second-order valence-electron chi connectivity index (χ2n) is 5.73. The van der Waals surface area contributed by atoms with Crippen molar-refractivity contribution in [3.63, 3.8) is 0 Å². The molecule has 21 heavy (non-hydrogen) atoms. The average Bonchev–Trinajstić information content (AvgIpc) is 2.99. The first-order valence-electron chi connectivity index (χ1n) is 7.32. The molecule has 0 bridgehead atoms. The first-order valence-corrected chi connectivity index (χ1v) is 7.32. The lowest BCUT2D eigenvalue weighted by Gasteiger charge is -2.12. The normalized spacial score (nSPS) is 11.6. The number of nitrogens with zero attached hydrogens (tertiary/aromatic N) is 2. The third-order valence-electron chi connectivity index (χ3n) is 4.31. The predicted molar refractivity (Wildman–Crippen MR) is 88.4 cm³/mol. The monoisotopic (exact) mass is 274 g/mol. The molecule has 0 N–H and O–H groups in total. The predicted octanol–water partition coefficient (Wildman–Crippen LogP) is 4.81. The summed E-state index contributed by atoms with van der Waals surface area (Å²) in [7, 11) is 0. The first kappa shape index (κ1) is 12.3. The summed E-state index contributed by atoms with van der Waals surface area (Å²) in [5.74, 6) is 0. The van der Waals surface area contributed by atoms with E-state index in [1.807, 2.05) is 0 Å². The van der Waals surface area contributed by atoms with Gasteiger partial charge in [0.05, 0.1) is 16.7 Å².